The Morgan fingerprint density at radius 1 is 1.31 bits per heavy atom. The van der Waals surface area contributed by atoms with Gasteiger partial charge in [-0.05, 0) is 25.1 Å². The highest BCUT2D eigenvalue weighted by atomic mass is 127. The van der Waals surface area contributed by atoms with Crippen LogP contribution in [0.3, 0.4) is 0 Å². The Kier molecular flexibility index (Phi) is 7.84. The van der Waals surface area contributed by atoms with E-state index in [9.17, 15) is 0 Å². The molecule has 2 aromatic rings. The number of nitrogens with two attached hydrogens (primary N) is 1. The molecule has 2 aromatic carbocycles. The van der Waals surface area contributed by atoms with Gasteiger partial charge in [0.2, 0.25) is 0 Å². The molecule has 5 nitrogen and oxygen atoms in total. The van der Waals surface area contributed by atoms with Crippen LogP contribution >= 0.6 is 35.6 Å². The van der Waals surface area contributed by atoms with Crippen LogP contribution in [-0.2, 0) is 0 Å². The predicted molar refractivity (Wildman–Crippen MR) is 116 cm³/mol. The highest BCUT2D eigenvalue weighted by molar-refractivity contribution is 14.0. The molecule has 2 unspecified atom stereocenters. The number of ether oxygens (including phenoxy) is 2. The second-order valence-corrected chi connectivity index (χ2v) is 6.36. The molecule has 7 heteroatoms. The monoisotopic (exact) mass is 487 g/mol. The van der Waals surface area contributed by atoms with E-state index in [1.807, 2.05) is 49.4 Å². The van der Waals surface area contributed by atoms with Crippen LogP contribution in [0.2, 0.25) is 5.02 Å². The summed E-state index contributed by atoms with van der Waals surface area (Å²) in [6, 6.07) is 15.5. The summed E-state index contributed by atoms with van der Waals surface area (Å²) in [4.78, 5) is 4.39. The molecule has 0 radical (unpaired) electrons. The number of aliphatic imine (C=N–C) groups is 1. The van der Waals surface area contributed by atoms with E-state index in [4.69, 9.17) is 26.8 Å². The van der Waals surface area contributed by atoms with E-state index in [1.165, 1.54) is 0 Å². The Balaban J connectivity index is 0.00000243. The van der Waals surface area contributed by atoms with Crippen LogP contribution in [0.15, 0.2) is 53.5 Å². The van der Waals surface area contributed by atoms with Crippen molar-refractivity contribution in [2.45, 2.75) is 25.5 Å². The fourth-order valence-corrected chi connectivity index (χ4v) is 2.92. The number of halogens is 2. The van der Waals surface area contributed by atoms with Gasteiger partial charge < -0.3 is 20.5 Å². The Morgan fingerprint density at radius 3 is 2.85 bits per heavy atom. The lowest BCUT2D eigenvalue weighted by Gasteiger charge is -2.27. The van der Waals surface area contributed by atoms with Crippen molar-refractivity contribution in [3.63, 3.8) is 0 Å². The Labute approximate surface area is 175 Å². The van der Waals surface area contributed by atoms with Crippen LogP contribution in [0.25, 0.3) is 0 Å². The number of guanidine groups is 1. The van der Waals surface area contributed by atoms with Crippen molar-refractivity contribution in [2.75, 3.05) is 13.2 Å². The number of hydrogen-bond donors (Lipinski definition) is 2. The van der Waals surface area contributed by atoms with Gasteiger partial charge in [-0.2, -0.15) is 0 Å². The minimum Gasteiger partial charge on any atom is -0.493 e. The van der Waals surface area contributed by atoms with E-state index >= 15 is 0 Å². The second kappa shape index (κ2) is 9.87. The van der Waals surface area contributed by atoms with E-state index in [0.717, 1.165) is 17.7 Å². The minimum absolute atomic E-state index is 0. The first-order valence-electron chi connectivity index (χ1n) is 8.33. The standard InChI is InChI=1S/C19H22ClN3O2.HI/c1-13(25-18-9-5-3-7-15(18)20)12-22-19(21)23-16-10-11-24-17-8-4-2-6-14(16)17;/h2-9,13,16H,10-12H2,1H3,(H3,21,22,23);1H. The summed E-state index contributed by atoms with van der Waals surface area (Å²) in [5.41, 5.74) is 7.15. The van der Waals surface area contributed by atoms with Crippen LogP contribution in [0, 0.1) is 0 Å². The maximum Gasteiger partial charge on any atom is 0.189 e. The van der Waals surface area contributed by atoms with Crippen molar-refractivity contribution in [1.82, 2.24) is 5.32 Å². The van der Waals surface area contributed by atoms with Crippen molar-refractivity contribution in [1.29, 1.82) is 0 Å². The number of fused-ring (bicyclic) bond motifs is 1. The number of para-hydroxylation sites is 2. The fourth-order valence-electron chi connectivity index (χ4n) is 2.74. The Hall–Kier alpha value is -1.67. The molecule has 1 aliphatic heterocycles. The summed E-state index contributed by atoms with van der Waals surface area (Å²) in [6.45, 7) is 3.03. The average molecular weight is 488 g/mol. The molecule has 0 spiro atoms. The summed E-state index contributed by atoms with van der Waals surface area (Å²) in [6.07, 6.45) is 0.709. The second-order valence-electron chi connectivity index (χ2n) is 5.96. The van der Waals surface area contributed by atoms with Crippen molar-refractivity contribution in [3.8, 4) is 11.5 Å². The summed E-state index contributed by atoms with van der Waals surface area (Å²) in [7, 11) is 0. The number of nitrogens with zero attached hydrogens (tertiary/aromatic N) is 1. The van der Waals surface area contributed by atoms with Gasteiger partial charge >= 0.3 is 0 Å². The van der Waals surface area contributed by atoms with Crippen molar-refractivity contribution >= 4 is 41.5 Å². The smallest absolute Gasteiger partial charge is 0.189 e. The zero-order valence-electron chi connectivity index (χ0n) is 14.5. The quantitative estimate of drug-likeness (QED) is 0.378. The summed E-state index contributed by atoms with van der Waals surface area (Å²) in [5.74, 6) is 1.95. The van der Waals surface area contributed by atoms with Crippen molar-refractivity contribution < 1.29 is 9.47 Å². The van der Waals surface area contributed by atoms with Crippen LogP contribution < -0.4 is 20.5 Å². The molecule has 26 heavy (non-hydrogen) atoms. The first kappa shape index (κ1) is 20.6. The van der Waals surface area contributed by atoms with E-state index < -0.39 is 0 Å². The summed E-state index contributed by atoms with van der Waals surface area (Å²) >= 11 is 6.10. The molecule has 2 atom stereocenters. The molecular weight excluding hydrogens is 465 g/mol. The SMILES string of the molecule is CC(CN=C(N)NC1CCOc2ccccc21)Oc1ccccc1Cl.I. The number of benzene rings is 2. The van der Waals surface area contributed by atoms with Gasteiger partial charge in [0.15, 0.2) is 5.96 Å². The molecule has 3 rings (SSSR count). The molecule has 1 heterocycles. The first-order valence-corrected chi connectivity index (χ1v) is 8.70. The minimum atomic E-state index is -0.137. The van der Waals surface area contributed by atoms with Gasteiger partial charge in [0.25, 0.3) is 0 Å². The average Bonchev–Trinajstić information content (AvgIpc) is 2.62. The van der Waals surface area contributed by atoms with Gasteiger partial charge in [0.1, 0.15) is 17.6 Å². The van der Waals surface area contributed by atoms with Crippen LogP contribution in [-0.4, -0.2) is 25.2 Å². The molecule has 3 N–H and O–H groups in total. The molecular formula is C19H23ClIN3O2. The zero-order chi connectivity index (χ0) is 17.6. The molecule has 0 aliphatic carbocycles. The van der Waals surface area contributed by atoms with Crippen LogP contribution in [0.5, 0.6) is 11.5 Å². The normalized spacial score (nSPS) is 17.3. The molecule has 140 valence electrons. The molecule has 0 saturated carbocycles. The number of hydrogen-bond acceptors (Lipinski definition) is 3. The lowest BCUT2D eigenvalue weighted by molar-refractivity contribution is 0.230. The molecule has 0 bridgehead atoms. The Bertz CT molecular complexity index is 757. The number of rotatable bonds is 5. The molecule has 0 fully saturated rings. The third kappa shape index (κ3) is 5.41. The topological polar surface area (TPSA) is 68.9 Å². The first-order chi connectivity index (χ1) is 12.1. The summed E-state index contributed by atoms with van der Waals surface area (Å²) < 4.78 is 11.5. The van der Waals surface area contributed by atoms with Crippen LogP contribution in [0.1, 0.15) is 24.9 Å². The highest BCUT2D eigenvalue weighted by Crippen LogP contribution is 2.31. The number of nitrogens with one attached hydrogen (secondary N) is 1. The molecule has 0 aromatic heterocycles. The van der Waals surface area contributed by atoms with E-state index in [1.54, 1.807) is 6.07 Å². The predicted octanol–water partition coefficient (Wildman–Crippen LogP) is 4.15. The van der Waals surface area contributed by atoms with E-state index in [-0.39, 0.29) is 36.1 Å². The third-order valence-electron chi connectivity index (χ3n) is 3.96. The van der Waals surface area contributed by atoms with Gasteiger partial charge in [0.05, 0.1) is 24.2 Å². The zero-order valence-corrected chi connectivity index (χ0v) is 17.6. The van der Waals surface area contributed by atoms with Crippen molar-refractivity contribution in [3.05, 3.63) is 59.1 Å². The molecule has 0 saturated heterocycles. The van der Waals surface area contributed by atoms with Crippen LogP contribution in [0.4, 0.5) is 0 Å². The maximum atomic E-state index is 6.10. The lowest BCUT2D eigenvalue weighted by Crippen LogP contribution is -2.38. The van der Waals surface area contributed by atoms with E-state index in [0.29, 0.717) is 29.9 Å². The Morgan fingerprint density at radius 2 is 2.04 bits per heavy atom. The highest BCUT2D eigenvalue weighted by Gasteiger charge is 2.21. The largest absolute Gasteiger partial charge is 0.493 e. The van der Waals surface area contributed by atoms with E-state index in [2.05, 4.69) is 10.3 Å². The maximum absolute atomic E-state index is 6.10. The van der Waals surface area contributed by atoms with Gasteiger partial charge in [-0.1, -0.05) is 41.9 Å². The van der Waals surface area contributed by atoms with Gasteiger partial charge in [0, 0.05) is 12.0 Å². The fraction of sp³-hybridized carbons (Fsp3) is 0.316. The molecule has 1 aliphatic rings. The molecule has 0 amide bonds. The summed E-state index contributed by atoms with van der Waals surface area (Å²) in [5, 5.41) is 3.86. The van der Waals surface area contributed by atoms with Gasteiger partial charge in [-0.15, -0.1) is 24.0 Å². The van der Waals surface area contributed by atoms with Crippen molar-refractivity contribution in [2.24, 2.45) is 10.7 Å². The third-order valence-corrected chi connectivity index (χ3v) is 4.28. The lowest BCUT2D eigenvalue weighted by atomic mass is 10.0. The van der Waals surface area contributed by atoms with Gasteiger partial charge in [-0.3, -0.25) is 0 Å². The van der Waals surface area contributed by atoms with Gasteiger partial charge in [-0.25, -0.2) is 4.99 Å².